The van der Waals surface area contributed by atoms with Crippen LogP contribution in [0.3, 0.4) is 0 Å². The average molecular weight is 229 g/mol. The largest absolute Gasteiger partial charge is 0.311 e. The van der Waals surface area contributed by atoms with Gasteiger partial charge >= 0.3 is 0 Å². The fraction of sp³-hybridized carbons (Fsp3) is 0.500. The molecule has 1 unspecified atom stereocenters. The molecular weight excluding hydrogens is 206 g/mol. The molecule has 0 spiro atoms. The highest BCUT2D eigenvalue weighted by atomic mass is 14.9. The van der Waals surface area contributed by atoms with Crippen molar-refractivity contribution in [1.29, 1.82) is 0 Å². The van der Waals surface area contributed by atoms with Crippen molar-refractivity contribution in [3.05, 3.63) is 42.0 Å². The van der Waals surface area contributed by atoms with Crippen LogP contribution in [0.1, 0.15) is 38.2 Å². The Morgan fingerprint density at radius 1 is 1.29 bits per heavy atom. The van der Waals surface area contributed by atoms with Gasteiger partial charge in [-0.25, -0.2) is 0 Å². The third-order valence-electron chi connectivity index (χ3n) is 3.44. The Balaban J connectivity index is 1.68. The topological polar surface area (TPSA) is 12.0 Å². The molecule has 92 valence electrons. The van der Waals surface area contributed by atoms with Gasteiger partial charge in [-0.1, -0.05) is 62.2 Å². The van der Waals surface area contributed by atoms with E-state index < -0.39 is 0 Å². The molecule has 0 saturated heterocycles. The summed E-state index contributed by atoms with van der Waals surface area (Å²) in [6.45, 7) is 3.26. The van der Waals surface area contributed by atoms with E-state index in [-0.39, 0.29) is 0 Å². The predicted molar refractivity (Wildman–Crippen MR) is 74.9 cm³/mol. The lowest BCUT2D eigenvalue weighted by molar-refractivity contribution is 0.465. The van der Waals surface area contributed by atoms with E-state index in [0.717, 1.165) is 12.5 Å². The van der Waals surface area contributed by atoms with Crippen molar-refractivity contribution in [1.82, 2.24) is 5.32 Å². The van der Waals surface area contributed by atoms with Crippen molar-refractivity contribution >= 4 is 6.08 Å². The van der Waals surface area contributed by atoms with Crippen molar-refractivity contribution in [3.8, 4) is 0 Å². The number of nitrogens with one attached hydrogen (secondary N) is 1. The Bertz CT molecular complexity index is 338. The molecule has 17 heavy (non-hydrogen) atoms. The summed E-state index contributed by atoms with van der Waals surface area (Å²) >= 11 is 0. The second-order valence-corrected chi connectivity index (χ2v) is 5.01. The summed E-state index contributed by atoms with van der Waals surface area (Å²) in [5, 5.41) is 3.62. The normalized spacial score (nSPS) is 17.5. The van der Waals surface area contributed by atoms with Gasteiger partial charge in [-0.05, 0) is 24.3 Å². The van der Waals surface area contributed by atoms with E-state index in [2.05, 4.69) is 54.7 Å². The first-order chi connectivity index (χ1) is 8.38. The molecule has 1 nitrogen and oxygen atoms in total. The minimum atomic E-state index is 0.711. The summed E-state index contributed by atoms with van der Waals surface area (Å²) in [5.41, 5.74) is 1.28. The fourth-order valence-electron chi connectivity index (χ4n) is 2.14. The van der Waals surface area contributed by atoms with Crippen LogP contribution in [0.15, 0.2) is 36.4 Å². The van der Waals surface area contributed by atoms with Gasteiger partial charge in [-0.3, -0.25) is 0 Å². The van der Waals surface area contributed by atoms with Gasteiger partial charge in [0.15, 0.2) is 0 Å². The van der Waals surface area contributed by atoms with Gasteiger partial charge in [0.2, 0.25) is 0 Å². The van der Waals surface area contributed by atoms with E-state index in [1.54, 1.807) is 0 Å². The molecule has 1 aromatic carbocycles. The Hall–Kier alpha value is -1.08. The van der Waals surface area contributed by atoms with Crippen LogP contribution in [0.4, 0.5) is 0 Å². The Morgan fingerprint density at radius 2 is 2.06 bits per heavy atom. The highest BCUT2D eigenvalue weighted by Gasteiger charge is 2.24. The SMILES string of the molecule is CCC(CC1CC1)NCC=Cc1ccccc1. The fourth-order valence-corrected chi connectivity index (χ4v) is 2.14. The highest BCUT2D eigenvalue weighted by molar-refractivity contribution is 5.48. The van der Waals surface area contributed by atoms with E-state index in [1.807, 2.05) is 0 Å². The van der Waals surface area contributed by atoms with Crippen LogP contribution in [0.2, 0.25) is 0 Å². The van der Waals surface area contributed by atoms with Crippen LogP contribution in [-0.4, -0.2) is 12.6 Å². The van der Waals surface area contributed by atoms with E-state index in [4.69, 9.17) is 0 Å². The lowest BCUT2D eigenvalue weighted by Gasteiger charge is -2.14. The molecule has 0 bridgehead atoms. The van der Waals surface area contributed by atoms with Crippen molar-refractivity contribution in [2.75, 3.05) is 6.54 Å². The van der Waals surface area contributed by atoms with Crippen LogP contribution in [0, 0.1) is 5.92 Å². The van der Waals surface area contributed by atoms with Gasteiger partial charge in [0.25, 0.3) is 0 Å². The summed E-state index contributed by atoms with van der Waals surface area (Å²) in [6.07, 6.45) is 9.95. The van der Waals surface area contributed by atoms with Gasteiger partial charge in [-0.2, -0.15) is 0 Å². The Kier molecular flexibility index (Phi) is 4.81. The average Bonchev–Trinajstić information content (AvgIpc) is 3.18. The second-order valence-electron chi connectivity index (χ2n) is 5.01. The molecule has 1 aromatic rings. The van der Waals surface area contributed by atoms with Gasteiger partial charge in [-0.15, -0.1) is 0 Å². The second kappa shape index (κ2) is 6.61. The first-order valence-corrected chi connectivity index (χ1v) is 6.83. The highest BCUT2D eigenvalue weighted by Crippen LogP contribution is 2.33. The Morgan fingerprint density at radius 3 is 2.71 bits per heavy atom. The summed E-state index contributed by atoms with van der Waals surface area (Å²) in [4.78, 5) is 0. The molecule has 1 N–H and O–H groups in total. The molecule has 0 aromatic heterocycles. The molecule has 1 aliphatic rings. The van der Waals surface area contributed by atoms with Crippen molar-refractivity contribution in [2.24, 2.45) is 5.92 Å². The van der Waals surface area contributed by atoms with E-state index >= 15 is 0 Å². The van der Waals surface area contributed by atoms with Crippen molar-refractivity contribution < 1.29 is 0 Å². The number of hydrogen-bond acceptors (Lipinski definition) is 1. The molecule has 0 heterocycles. The molecule has 1 heteroatoms. The van der Waals surface area contributed by atoms with Crippen LogP contribution in [-0.2, 0) is 0 Å². The zero-order chi connectivity index (χ0) is 11.9. The minimum absolute atomic E-state index is 0.711. The van der Waals surface area contributed by atoms with Crippen LogP contribution >= 0.6 is 0 Å². The van der Waals surface area contributed by atoms with Crippen LogP contribution in [0.25, 0.3) is 6.08 Å². The molecular formula is C16H23N. The maximum absolute atomic E-state index is 3.62. The summed E-state index contributed by atoms with van der Waals surface area (Å²) in [6, 6.07) is 11.2. The van der Waals surface area contributed by atoms with E-state index in [9.17, 15) is 0 Å². The standard InChI is InChI=1S/C16H23N/c1-2-16(13-15-10-11-15)17-12-6-9-14-7-4-3-5-8-14/h3-9,15-17H,2,10-13H2,1H3. The summed E-state index contributed by atoms with van der Waals surface area (Å²) in [5.74, 6) is 1.02. The third kappa shape index (κ3) is 4.74. The monoisotopic (exact) mass is 229 g/mol. The van der Waals surface area contributed by atoms with Gasteiger partial charge in [0.05, 0.1) is 0 Å². The zero-order valence-electron chi connectivity index (χ0n) is 10.7. The predicted octanol–water partition coefficient (Wildman–Crippen LogP) is 3.87. The van der Waals surface area contributed by atoms with E-state index in [0.29, 0.717) is 6.04 Å². The number of rotatable bonds is 7. The molecule has 1 saturated carbocycles. The maximum Gasteiger partial charge on any atom is 0.0140 e. The molecule has 0 aliphatic heterocycles. The van der Waals surface area contributed by atoms with Crippen LogP contribution in [0.5, 0.6) is 0 Å². The summed E-state index contributed by atoms with van der Waals surface area (Å²) < 4.78 is 0. The van der Waals surface area contributed by atoms with Gasteiger partial charge in [0, 0.05) is 12.6 Å². The minimum Gasteiger partial charge on any atom is -0.311 e. The van der Waals surface area contributed by atoms with Gasteiger partial charge in [0.1, 0.15) is 0 Å². The first-order valence-electron chi connectivity index (χ1n) is 6.83. The van der Waals surface area contributed by atoms with Crippen molar-refractivity contribution in [3.63, 3.8) is 0 Å². The molecule has 0 amide bonds. The number of hydrogen-bond donors (Lipinski definition) is 1. The lowest BCUT2D eigenvalue weighted by Crippen LogP contribution is -2.28. The van der Waals surface area contributed by atoms with E-state index in [1.165, 1.54) is 31.2 Å². The molecule has 0 radical (unpaired) electrons. The molecule has 1 fully saturated rings. The molecule has 2 rings (SSSR count). The molecule has 1 aliphatic carbocycles. The van der Waals surface area contributed by atoms with Gasteiger partial charge < -0.3 is 5.32 Å². The maximum atomic E-state index is 3.62. The number of benzene rings is 1. The lowest BCUT2D eigenvalue weighted by atomic mass is 10.1. The zero-order valence-corrected chi connectivity index (χ0v) is 10.7. The smallest absolute Gasteiger partial charge is 0.0140 e. The first kappa shape index (κ1) is 12.4. The van der Waals surface area contributed by atoms with Crippen molar-refractivity contribution in [2.45, 2.75) is 38.6 Å². The van der Waals surface area contributed by atoms with Crippen LogP contribution < -0.4 is 5.32 Å². The Labute approximate surface area is 105 Å². The quantitative estimate of drug-likeness (QED) is 0.748. The third-order valence-corrected chi connectivity index (χ3v) is 3.44. The molecule has 1 atom stereocenters. The summed E-state index contributed by atoms with van der Waals surface area (Å²) in [7, 11) is 0.